The van der Waals surface area contributed by atoms with Crippen molar-refractivity contribution < 1.29 is 53.4 Å². The monoisotopic (exact) mass is 1600 g/mol. The van der Waals surface area contributed by atoms with Crippen LogP contribution in [-0.4, -0.2) is 200 Å². The van der Waals surface area contributed by atoms with Crippen molar-refractivity contribution in [3.05, 3.63) is 203 Å². The van der Waals surface area contributed by atoms with Crippen LogP contribution in [0, 0.1) is 11.3 Å². The van der Waals surface area contributed by atoms with Crippen LogP contribution < -0.4 is 64.6 Å². The fraction of sp³-hybridized carbons (Fsp3) is 0.437. The number of piperidine rings is 1. The summed E-state index contributed by atoms with van der Waals surface area (Å²) in [5.74, 6) is -4.82. The lowest BCUT2D eigenvalue weighted by Crippen LogP contribution is -2.62. The molecule has 0 bridgehead atoms. The van der Waals surface area contributed by atoms with Crippen LogP contribution in [0.2, 0.25) is 0 Å². The van der Waals surface area contributed by atoms with Crippen LogP contribution >= 0.6 is 11.8 Å². The van der Waals surface area contributed by atoms with Crippen molar-refractivity contribution in [3.63, 3.8) is 0 Å². The lowest BCUT2D eigenvalue weighted by Gasteiger charge is -2.45. The average molecular weight is 1600 g/mol. The number of hydrogen-bond acceptors (Lipinski definition) is 17. The average Bonchev–Trinajstić information content (AvgIpc) is 1.50. The number of phenolic OH excluding ortho intramolecular Hbond substituents is 1. The van der Waals surface area contributed by atoms with E-state index in [1.54, 1.807) is 96.8 Å². The number of rotatable bonds is 27. The van der Waals surface area contributed by atoms with Crippen molar-refractivity contribution in [2.45, 2.75) is 189 Å². The number of benzene rings is 5. The molecule has 2 aliphatic heterocycles. The number of para-hydroxylation sites is 1. The number of carbonyl (C=O) groups excluding carboxylic acids is 9. The first-order valence-corrected chi connectivity index (χ1v) is 41.6. The van der Waals surface area contributed by atoms with E-state index in [0.29, 0.717) is 72.2 Å². The minimum absolute atomic E-state index is 0.00571. The van der Waals surface area contributed by atoms with E-state index >= 15 is 24.0 Å². The Balaban J connectivity index is 0.903. The van der Waals surface area contributed by atoms with Gasteiger partial charge in [0, 0.05) is 110 Å². The maximum atomic E-state index is 15.5. The van der Waals surface area contributed by atoms with Crippen LogP contribution in [0.15, 0.2) is 164 Å². The summed E-state index contributed by atoms with van der Waals surface area (Å²) in [4.78, 5) is 149. The number of hydrogen-bond donors (Lipinski definition) is 17. The smallest absolute Gasteiger partial charge is 0.245 e. The molecule has 0 spiro atoms. The zero-order valence-electron chi connectivity index (χ0n) is 65.9. The van der Waals surface area contributed by atoms with Crippen molar-refractivity contribution >= 4 is 92.6 Å². The van der Waals surface area contributed by atoms with Crippen molar-refractivity contribution in [2.75, 3.05) is 44.7 Å². The third-order valence-corrected chi connectivity index (χ3v) is 23.4. The highest BCUT2D eigenvalue weighted by atomic mass is 32.2. The number of H-pyrrole nitrogens is 2. The summed E-state index contributed by atoms with van der Waals surface area (Å²) < 4.78 is 0. The summed E-state index contributed by atoms with van der Waals surface area (Å²) in [5, 5.41) is 61.3. The minimum Gasteiger partial charge on any atom is -0.508 e. The molecule has 13 atom stereocenters. The molecule has 0 saturated carbocycles. The number of fused-ring (bicyclic) bond motifs is 3. The molecule has 5 aromatic carbocycles. The number of likely N-dealkylation sites (tertiary alicyclic amines) is 1. The summed E-state index contributed by atoms with van der Waals surface area (Å²) in [6.45, 7) is 2.62. The number of aromatic hydroxyl groups is 1. The number of aromatic nitrogens is 3. The third-order valence-electron chi connectivity index (χ3n) is 22.2. The van der Waals surface area contributed by atoms with E-state index in [1.807, 2.05) is 42.5 Å². The summed E-state index contributed by atoms with van der Waals surface area (Å²) >= 11 is 1.58. The number of pyridine rings is 1. The van der Waals surface area contributed by atoms with Crippen LogP contribution in [0.25, 0.3) is 21.8 Å². The topological polar surface area (TPSA) is 438 Å². The molecule has 616 valence electrons. The quantitative estimate of drug-likeness (QED) is 0.0187. The number of phenols is 1. The summed E-state index contributed by atoms with van der Waals surface area (Å²) in [5.41, 5.74) is 19.6. The van der Waals surface area contributed by atoms with Gasteiger partial charge in [0.15, 0.2) is 11.7 Å². The number of aliphatic hydroxyl groups is 1. The number of nitrogens with zero attached hydrogens (tertiary/aromatic N) is 2. The number of nitrogens with one attached hydrogen (secondary N) is 13. The van der Waals surface area contributed by atoms with Gasteiger partial charge in [0.1, 0.15) is 42.0 Å². The number of Topliss-reactive ketones (excluding diaryl/α,β-unsaturated/α-hetero) is 1. The first kappa shape index (κ1) is 85.9. The zero-order chi connectivity index (χ0) is 82.0. The Morgan fingerprint density at radius 3 is 1.89 bits per heavy atom. The van der Waals surface area contributed by atoms with Gasteiger partial charge in [0.05, 0.1) is 23.9 Å². The van der Waals surface area contributed by atoms with Gasteiger partial charge in [-0.3, -0.25) is 53.5 Å². The molecule has 19 N–H and O–H groups in total. The molecule has 1 aliphatic carbocycles. The number of unbranched alkanes of at least 4 members (excludes halogenated alkanes) is 1. The van der Waals surface area contributed by atoms with Gasteiger partial charge in [-0.25, -0.2) is 0 Å². The second-order valence-electron chi connectivity index (χ2n) is 31.0. The van der Waals surface area contributed by atoms with Crippen LogP contribution in [0.5, 0.6) is 5.75 Å². The molecule has 0 radical (unpaired) electrons. The predicted octanol–water partition coefficient (Wildman–Crippen LogP) is 4.80. The van der Waals surface area contributed by atoms with E-state index in [1.165, 1.54) is 35.8 Å². The second-order valence-corrected chi connectivity index (χ2v) is 32.1. The van der Waals surface area contributed by atoms with Gasteiger partial charge < -0.3 is 89.7 Å². The van der Waals surface area contributed by atoms with Crippen molar-refractivity contribution in [2.24, 2.45) is 17.4 Å². The first-order chi connectivity index (χ1) is 56.1. The number of aromatic amines is 2. The largest absolute Gasteiger partial charge is 0.508 e. The highest BCUT2D eigenvalue weighted by molar-refractivity contribution is 7.99. The number of thioether (sulfide) groups is 1. The molecular formula is C87H111N17O11S. The SMILES string of the molecule is C[C@@H](O)[C@@H]1NC(=O)[C@H](CCCCN)NC(=O)[C@@H](Cc2c[nH]c3ccccc23)NC(=O)[C@H](Cc2ccncc2)NC(=O)[C@H](Cc2ccccc2)NC(=O)[C@H](CCCNC(=N)N)NC(=O)[C@H](NC[C@H](Cc2ccc(O)cc2)NC(=O)CSC[C@@H]2C[C@@H]3c4cccc5[nH]cc(c45)C[C@H]3N(C)C2)CCCCCC(=O)[C@H](Cc2ccccc2)NC1=O. The molecule has 2 fully saturated rings. The molecule has 29 heteroatoms. The number of nitrogens with two attached hydrogens (primary N) is 2. The Hall–Kier alpha value is -11.0. The Bertz CT molecular complexity index is 4630. The standard InChI is InChI=1S/C87H111N17O11S/c1-53(105)79-86(115)99-71(42-54-18-6-3-7-19-54)76(107)29-11-5-10-25-68(95-49-61(40-56-30-32-62(106)33-31-56)96-77(108)52-116-51-58-41-65-64-23-16-27-67-78(64)60(48-94-67)46-75(65)104(2)50-58)80(109)97-70(28-17-37-92-87(89)90)81(110)100-72(43-55-20-8-4-9-21-55)83(112)101-73(44-57-34-38-91-39-35-57)84(113)102-74(45-59-47-93-66-24-13-12-22-63(59)66)85(114)98-69(82(111)103-79)26-14-15-36-88/h3-4,6-9,12-13,16,18-24,27,30-35,38-39,47-48,53,58,61,65,68-75,79,93-95,105-106H,5,10-11,14-15,17,25-26,28-29,36-37,40-46,49-52,88H2,1-2H3,(H,96,108)(H,97,109)(H,98,114)(H,99,115)(H,100,110)(H,101,112)(H,102,113)(H,103,111)(H4,89,90,92)/t53-,58-,61+,65-,68-,69+,70+,71+,72+,73+,74-,75-,79+/m1/s1. The molecule has 8 amide bonds. The Morgan fingerprint density at radius 1 is 0.629 bits per heavy atom. The van der Waals surface area contributed by atoms with E-state index in [4.69, 9.17) is 16.9 Å². The summed E-state index contributed by atoms with van der Waals surface area (Å²) in [6, 6.07) is 30.6. The molecule has 28 nitrogen and oxygen atoms in total. The molecule has 2 saturated heterocycles. The lowest BCUT2D eigenvalue weighted by atomic mass is 9.73. The maximum Gasteiger partial charge on any atom is 0.245 e. The molecular weight excluding hydrogens is 1490 g/mol. The van der Waals surface area contributed by atoms with Gasteiger partial charge in [-0.05, 0) is 178 Å². The Morgan fingerprint density at radius 2 is 1.22 bits per heavy atom. The fourth-order valence-electron chi connectivity index (χ4n) is 16.2. The first-order valence-electron chi connectivity index (χ1n) is 40.4. The second kappa shape index (κ2) is 42.6. The lowest BCUT2D eigenvalue weighted by molar-refractivity contribution is -0.136. The number of likely N-dealkylation sites (N-methyl/N-ethyl adjacent to an activating group) is 1. The molecule has 8 aromatic rings. The number of carbonyl (C=O) groups is 9. The third kappa shape index (κ3) is 24.5. The number of amides is 8. The molecule has 3 aliphatic rings. The van der Waals surface area contributed by atoms with Gasteiger partial charge in [0.2, 0.25) is 47.3 Å². The molecule has 116 heavy (non-hydrogen) atoms. The molecule has 3 aromatic heterocycles. The zero-order valence-corrected chi connectivity index (χ0v) is 66.7. The van der Waals surface area contributed by atoms with Gasteiger partial charge >= 0.3 is 0 Å². The number of ketones is 1. The predicted molar refractivity (Wildman–Crippen MR) is 448 cm³/mol. The number of aliphatic hydroxyl groups excluding tert-OH is 1. The highest BCUT2D eigenvalue weighted by Gasteiger charge is 2.41. The Labute approximate surface area is 680 Å². The Kier molecular flexibility index (Phi) is 31.5. The summed E-state index contributed by atoms with van der Waals surface area (Å²) in [7, 11) is 2.19. The summed E-state index contributed by atoms with van der Waals surface area (Å²) in [6.07, 6.45) is 9.29. The van der Waals surface area contributed by atoms with E-state index < -0.39 is 102 Å². The van der Waals surface area contributed by atoms with Gasteiger partial charge in [-0.1, -0.05) is 116 Å². The minimum atomic E-state index is -1.64. The van der Waals surface area contributed by atoms with Crippen LogP contribution in [0.3, 0.4) is 0 Å². The van der Waals surface area contributed by atoms with Gasteiger partial charge in [-0.2, -0.15) is 11.8 Å². The van der Waals surface area contributed by atoms with Crippen LogP contribution in [0.4, 0.5) is 0 Å². The number of guanidine groups is 1. The fourth-order valence-corrected chi connectivity index (χ4v) is 17.1. The molecule has 0 unspecified atom stereocenters. The molecule has 5 heterocycles. The molecule has 11 rings (SSSR count). The van der Waals surface area contributed by atoms with E-state index in [9.17, 15) is 29.4 Å². The van der Waals surface area contributed by atoms with E-state index in [2.05, 4.69) is 104 Å². The van der Waals surface area contributed by atoms with Crippen molar-refractivity contribution in [3.8, 4) is 5.75 Å². The highest BCUT2D eigenvalue weighted by Crippen LogP contribution is 2.45. The van der Waals surface area contributed by atoms with Crippen molar-refractivity contribution in [1.82, 2.24) is 73.0 Å². The van der Waals surface area contributed by atoms with Crippen LogP contribution in [-0.2, 0) is 81.7 Å². The van der Waals surface area contributed by atoms with Gasteiger partial charge in [0.25, 0.3) is 0 Å². The normalized spacial score (nSPS) is 23.2. The van der Waals surface area contributed by atoms with Crippen molar-refractivity contribution in [1.29, 1.82) is 5.41 Å². The maximum absolute atomic E-state index is 15.5. The van der Waals surface area contributed by atoms with E-state index in [0.717, 1.165) is 47.1 Å². The van der Waals surface area contributed by atoms with Crippen LogP contribution in [0.1, 0.15) is 122 Å². The van der Waals surface area contributed by atoms with Gasteiger partial charge in [-0.15, -0.1) is 0 Å². The van der Waals surface area contributed by atoms with E-state index in [-0.39, 0.29) is 113 Å².